The Morgan fingerprint density at radius 3 is 2.70 bits per heavy atom. The number of ether oxygens (including phenoxy) is 1. The van der Waals surface area contributed by atoms with Crippen molar-refractivity contribution in [1.29, 1.82) is 0 Å². The second-order valence-electron chi connectivity index (χ2n) is 7.77. The number of methoxy groups -OCH3 is 1. The van der Waals surface area contributed by atoms with E-state index in [9.17, 15) is 9.18 Å². The summed E-state index contributed by atoms with van der Waals surface area (Å²) in [6.07, 6.45) is 3.01. The van der Waals surface area contributed by atoms with E-state index in [1.165, 1.54) is 12.1 Å². The molecule has 6 heteroatoms. The lowest BCUT2D eigenvalue weighted by Gasteiger charge is -2.24. The van der Waals surface area contributed by atoms with Gasteiger partial charge in [0.2, 0.25) is 0 Å². The van der Waals surface area contributed by atoms with Crippen molar-refractivity contribution in [3.05, 3.63) is 71.7 Å². The fourth-order valence-electron chi connectivity index (χ4n) is 4.09. The fraction of sp³-hybridized carbons (Fsp3) is 0.333. The van der Waals surface area contributed by atoms with Gasteiger partial charge >= 0.3 is 0 Å². The second-order valence-corrected chi connectivity index (χ2v) is 7.77. The molecule has 0 aliphatic carbocycles. The van der Waals surface area contributed by atoms with Crippen LogP contribution in [0.25, 0.3) is 11.3 Å². The van der Waals surface area contributed by atoms with Crippen molar-refractivity contribution in [2.75, 3.05) is 20.2 Å². The number of benzene rings is 2. The molecule has 2 aromatic carbocycles. The fourth-order valence-corrected chi connectivity index (χ4v) is 4.09. The second kappa shape index (κ2) is 8.69. The maximum Gasteiger partial charge on any atom is 0.272 e. The van der Waals surface area contributed by atoms with Gasteiger partial charge in [-0.3, -0.25) is 9.48 Å². The lowest BCUT2D eigenvalue weighted by Crippen LogP contribution is -2.35. The topological polar surface area (TPSA) is 47.4 Å². The first-order valence-corrected chi connectivity index (χ1v) is 10.3. The Morgan fingerprint density at radius 2 is 1.93 bits per heavy atom. The molecule has 1 saturated heterocycles. The Bertz CT molecular complexity index is 1030. The average molecular weight is 407 g/mol. The number of hydrogen-bond acceptors (Lipinski definition) is 3. The number of nitrogens with zero attached hydrogens (tertiary/aromatic N) is 3. The summed E-state index contributed by atoms with van der Waals surface area (Å²) in [5, 5.41) is 4.55. The molecule has 156 valence electrons. The highest BCUT2D eigenvalue weighted by Gasteiger charge is 2.26. The standard InChI is InChI=1S/C24H26FN3O2/c1-27-23(15-22(26-27)18-7-5-8-21(14-18)30-2)24(29)28-13-4-3-6-19(16-28)17-9-11-20(25)12-10-17/h5,7-12,14-15,19H,3-4,6,13,16H2,1-2H3/t19-/m0/s1. The number of halogens is 1. The Hall–Kier alpha value is -3.15. The van der Waals surface area contributed by atoms with Crippen molar-refractivity contribution in [1.82, 2.24) is 14.7 Å². The first kappa shape index (κ1) is 20.1. The molecular formula is C24H26FN3O2. The largest absolute Gasteiger partial charge is 0.497 e. The van der Waals surface area contributed by atoms with Crippen molar-refractivity contribution >= 4 is 5.91 Å². The number of aryl methyl sites for hydroxylation is 1. The third-order valence-corrected chi connectivity index (χ3v) is 5.76. The summed E-state index contributed by atoms with van der Waals surface area (Å²) in [6, 6.07) is 16.1. The van der Waals surface area contributed by atoms with E-state index in [1.807, 2.05) is 47.4 Å². The normalized spacial score (nSPS) is 16.9. The van der Waals surface area contributed by atoms with E-state index in [-0.39, 0.29) is 17.6 Å². The molecule has 1 aromatic heterocycles. The predicted octanol–water partition coefficient (Wildman–Crippen LogP) is 4.64. The van der Waals surface area contributed by atoms with E-state index < -0.39 is 0 Å². The van der Waals surface area contributed by atoms with Crippen molar-refractivity contribution in [2.45, 2.75) is 25.2 Å². The summed E-state index contributed by atoms with van der Waals surface area (Å²) in [5.41, 5.74) is 3.29. The van der Waals surface area contributed by atoms with Crippen LogP contribution >= 0.6 is 0 Å². The highest BCUT2D eigenvalue weighted by atomic mass is 19.1. The first-order chi connectivity index (χ1) is 14.5. The lowest BCUT2D eigenvalue weighted by atomic mass is 9.94. The van der Waals surface area contributed by atoms with Crippen LogP contribution in [0.3, 0.4) is 0 Å². The third-order valence-electron chi connectivity index (χ3n) is 5.76. The van der Waals surface area contributed by atoms with E-state index in [1.54, 1.807) is 18.8 Å². The van der Waals surface area contributed by atoms with Crippen LogP contribution < -0.4 is 4.74 Å². The van der Waals surface area contributed by atoms with Crippen molar-refractivity contribution in [3.63, 3.8) is 0 Å². The van der Waals surface area contributed by atoms with Gasteiger partial charge < -0.3 is 9.64 Å². The molecule has 3 aromatic rings. The van der Waals surface area contributed by atoms with Crippen molar-refractivity contribution in [2.24, 2.45) is 7.05 Å². The van der Waals surface area contributed by atoms with Gasteiger partial charge in [-0.15, -0.1) is 0 Å². The van der Waals surface area contributed by atoms with Crippen LogP contribution in [0.4, 0.5) is 4.39 Å². The first-order valence-electron chi connectivity index (χ1n) is 10.3. The number of hydrogen-bond donors (Lipinski definition) is 0. The van der Waals surface area contributed by atoms with Crippen LogP contribution in [0.15, 0.2) is 54.6 Å². The van der Waals surface area contributed by atoms with Crippen LogP contribution in [0.1, 0.15) is 41.2 Å². The van der Waals surface area contributed by atoms with Crippen LogP contribution in [-0.2, 0) is 7.05 Å². The Balaban J connectivity index is 1.57. The molecule has 1 aliphatic heterocycles. The molecule has 2 heterocycles. The molecule has 4 rings (SSSR count). The summed E-state index contributed by atoms with van der Waals surface area (Å²) in [7, 11) is 3.43. The van der Waals surface area contributed by atoms with Gasteiger partial charge in [-0.05, 0) is 48.7 Å². The van der Waals surface area contributed by atoms with E-state index in [0.717, 1.165) is 48.4 Å². The van der Waals surface area contributed by atoms with Gasteiger partial charge in [0.05, 0.1) is 12.8 Å². The molecule has 0 bridgehead atoms. The summed E-state index contributed by atoms with van der Waals surface area (Å²) >= 11 is 0. The van der Waals surface area contributed by atoms with Gasteiger partial charge in [-0.25, -0.2) is 4.39 Å². The maximum absolute atomic E-state index is 13.4. The highest BCUT2D eigenvalue weighted by Crippen LogP contribution is 2.28. The van der Waals surface area contributed by atoms with Crippen molar-refractivity contribution < 1.29 is 13.9 Å². The van der Waals surface area contributed by atoms with Crippen molar-refractivity contribution in [3.8, 4) is 17.0 Å². The average Bonchev–Trinajstić information content (AvgIpc) is 2.99. The molecule has 5 nitrogen and oxygen atoms in total. The Labute approximate surface area is 176 Å². The highest BCUT2D eigenvalue weighted by molar-refractivity contribution is 5.93. The molecule has 0 radical (unpaired) electrons. The van der Waals surface area contributed by atoms with Gasteiger partial charge in [0.15, 0.2) is 0 Å². The van der Waals surface area contributed by atoms with E-state index >= 15 is 0 Å². The number of aromatic nitrogens is 2. The molecule has 0 saturated carbocycles. The third kappa shape index (κ3) is 4.22. The van der Waals surface area contributed by atoms with E-state index in [0.29, 0.717) is 12.2 Å². The molecule has 0 N–H and O–H groups in total. The zero-order chi connectivity index (χ0) is 21.1. The summed E-state index contributed by atoms with van der Waals surface area (Å²) in [4.78, 5) is 15.3. The monoisotopic (exact) mass is 407 g/mol. The van der Waals surface area contributed by atoms with Crippen LogP contribution in [0, 0.1) is 5.82 Å². The molecule has 1 fully saturated rings. The Morgan fingerprint density at radius 1 is 1.13 bits per heavy atom. The van der Waals surface area contributed by atoms with Gasteiger partial charge in [-0.2, -0.15) is 5.10 Å². The number of likely N-dealkylation sites (tertiary alicyclic amines) is 1. The molecule has 0 unspecified atom stereocenters. The smallest absolute Gasteiger partial charge is 0.272 e. The molecular weight excluding hydrogens is 381 g/mol. The van der Waals surface area contributed by atoms with Crippen LogP contribution in [0.5, 0.6) is 5.75 Å². The SMILES string of the molecule is COc1cccc(-c2cc(C(=O)N3CCCC[C@H](c4ccc(F)cc4)C3)n(C)n2)c1. The molecule has 0 spiro atoms. The minimum atomic E-state index is -0.236. The molecule has 1 atom stereocenters. The van der Waals surface area contributed by atoms with E-state index in [4.69, 9.17) is 4.74 Å². The summed E-state index contributed by atoms with van der Waals surface area (Å²) < 4.78 is 20.3. The summed E-state index contributed by atoms with van der Waals surface area (Å²) in [6.45, 7) is 1.35. The Kier molecular flexibility index (Phi) is 5.84. The van der Waals surface area contributed by atoms with Gasteiger partial charge in [0, 0.05) is 31.6 Å². The number of amides is 1. The van der Waals surface area contributed by atoms with Gasteiger partial charge in [0.1, 0.15) is 17.3 Å². The molecule has 1 aliphatic rings. The van der Waals surface area contributed by atoms with Gasteiger partial charge in [-0.1, -0.05) is 30.7 Å². The quantitative estimate of drug-likeness (QED) is 0.633. The maximum atomic E-state index is 13.4. The number of carbonyl (C=O) groups excluding carboxylic acids is 1. The molecule has 30 heavy (non-hydrogen) atoms. The van der Waals surface area contributed by atoms with Crippen LogP contribution in [0.2, 0.25) is 0 Å². The van der Waals surface area contributed by atoms with Crippen LogP contribution in [-0.4, -0.2) is 40.8 Å². The van der Waals surface area contributed by atoms with Gasteiger partial charge in [0.25, 0.3) is 5.91 Å². The van der Waals surface area contributed by atoms with E-state index in [2.05, 4.69) is 5.10 Å². The minimum absolute atomic E-state index is 0.0202. The number of carbonyl (C=O) groups is 1. The lowest BCUT2D eigenvalue weighted by molar-refractivity contribution is 0.0743. The zero-order valence-corrected chi connectivity index (χ0v) is 17.3. The number of rotatable bonds is 4. The summed E-state index contributed by atoms with van der Waals surface area (Å²) in [5.74, 6) is 0.706. The predicted molar refractivity (Wildman–Crippen MR) is 114 cm³/mol. The zero-order valence-electron chi connectivity index (χ0n) is 17.3. The minimum Gasteiger partial charge on any atom is -0.497 e. The molecule has 1 amide bonds.